The molecular formula is C23H24NO4P. The summed E-state index contributed by atoms with van der Waals surface area (Å²) in [6, 6.07) is 28.8. The second kappa shape index (κ2) is 9.46. The zero-order valence-electron chi connectivity index (χ0n) is 16.4. The molecule has 29 heavy (non-hydrogen) atoms. The summed E-state index contributed by atoms with van der Waals surface area (Å²) >= 11 is 0. The first-order valence-electron chi connectivity index (χ1n) is 9.25. The van der Waals surface area contributed by atoms with Crippen LogP contribution in [0.1, 0.15) is 0 Å². The molecule has 0 saturated heterocycles. The topological polar surface area (TPSA) is 55.8 Å². The first-order chi connectivity index (χ1) is 14.0. The minimum atomic E-state index is -3.27. The summed E-state index contributed by atoms with van der Waals surface area (Å²) in [5.41, 5.74) is 0. The van der Waals surface area contributed by atoms with E-state index in [4.69, 9.17) is 9.26 Å². The van der Waals surface area contributed by atoms with Gasteiger partial charge in [0, 0.05) is 0 Å². The van der Waals surface area contributed by atoms with Gasteiger partial charge < -0.3 is 0 Å². The van der Waals surface area contributed by atoms with E-state index in [2.05, 4.69) is 0 Å². The second-order valence-electron chi connectivity index (χ2n) is 6.81. The van der Waals surface area contributed by atoms with Gasteiger partial charge in [-0.2, -0.15) is 0 Å². The van der Waals surface area contributed by atoms with Gasteiger partial charge in [0.05, 0.1) is 0 Å². The van der Waals surface area contributed by atoms with Crippen LogP contribution in [0.3, 0.4) is 0 Å². The Morgan fingerprint density at radius 3 is 1.41 bits per heavy atom. The van der Waals surface area contributed by atoms with E-state index in [0.717, 1.165) is 15.9 Å². The van der Waals surface area contributed by atoms with Crippen molar-refractivity contribution in [2.75, 3.05) is 20.8 Å². The molecule has 0 aliphatic carbocycles. The van der Waals surface area contributed by atoms with E-state index in [1.165, 1.54) is 0 Å². The normalized spacial score (nSPS) is 11.7. The molecular weight excluding hydrogens is 385 g/mol. The molecule has 0 fully saturated rings. The van der Waals surface area contributed by atoms with Crippen molar-refractivity contribution in [3.05, 3.63) is 91.0 Å². The number of ether oxygens (including phenoxy) is 1. The molecule has 5 nitrogen and oxygen atoms in total. The van der Waals surface area contributed by atoms with Gasteiger partial charge in [-0.1, -0.05) is 0 Å². The summed E-state index contributed by atoms with van der Waals surface area (Å²) in [4.78, 5) is 26.8. The fraction of sp³-hybridized carbons (Fsp3) is 0.130. The molecule has 0 aliphatic rings. The van der Waals surface area contributed by atoms with E-state index in [-0.39, 0.29) is 6.73 Å². The van der Waals surface area contributed by atoms with Crippen LogP contribution in [0.2, 0.25) is 0 Å². The molecule has 0 unspecified atom stereocenters. The number of hydrogen-bond acceptors (Lipinski definition) is 5. The van der Waals surface area contributed by atoms with Gasteiger partial charge in [0.2, 0.25) is 0 Å². The number of rotatable bonds is 6. The molecule has 3 aromatic carbocycles. The first-order valence-corrected chi connectivity index (χ1v) is 11.2. The second-order valence-corrected chi connectivity index (χ2v) is 10.1. The average Bonchev–Trinajstić information content (AvgIpc) is 2.77. The molecule has 0 atom stereocenters. The van der Waals surface area contributed by atoms with Gasteiger partial charge in [0.15, 0.2) is 0 Å². The standard InChI is InChI=1S/C23H24NO4P/c1-24(2)18-27-22(25)23(26)28-29(19-12-6-3-7-13-19,20-14-8-4-9-15-20)21-16-10-5-11-17-21/h3-17,29H,18H2,1-2H3. The fourth-order valence-electron chi connectivity index (χ4n) is 3.12. The Morgan fingerprint density at radius 1 is 0.690 bits per heavy atom. The summed E-state index contributed by atoms with van der Waals surface area (Å²) < 4.78 is 11.2. The molecule has 0 amide bonds. The molecule has 0 aliphatic heterocycles. The summed E-state index contributed by atoms with van der Waals surface area (Å²) in [5.74, 6) is -1.99. The maximum absolute atomic E-state index is 12.8. The van der Waals surface area contributed by atoms with Crippen molar-refractivity contribution >= 4 is 35.3 Å². The molecule has 0 saturated carbocycles. The van der Waals surface area contributed by atoms with Crippen molar-refractivity contribution < 1.29 is 18.8 Å². The molecule has 0 bridgehead atoms. The van der Waals surface area contributed by atoms with E-state index >= 15 is 0 Å². The van der Waals surface area contributed by atoms with Crippen LogP contribution in [-0.4, -0.2) is 37.7 Å². The SMILES string of the molecule is CN(C)COC(=O)C(=O)O[PH](c1ccccc1)(c1ccccc1)c1ccccc1. The van der Waals surface area contributed by atoms with E-state index < -0.39 is 19.4 Å². The monoisotopic (exact) mass is 409 g/mol. The third-order valence-corrected chi connectivity index (χ3v) is 8.34. The predicted octanol–water partition coefficient (Wildman–Crippen LogP) is 2.23. The Kier molecular flexibility index (Phi) is 6.76. The number of carbonyl (C=O) groups is 2. The third-order valence-electron chi connectivity index (χ3n) is 4.41. The maximum atomic E-state index is 12.8. The molecule has 0 heterocycles. The molecule has 0 aromatic heterocycles. The van der Waals surface area contributed by atoms with Gasteiger partial charge in [-0.15, -0.1) is 0 Å². The van der Waals surface area contributed by atoms with Crippen molar-refractivity contribution in [3.63, 3.8) is 0 Å². The predicted molar refractivity (Wildman–Crippen MR) is 117 cm³/mol. The third kappa shape index (κ3) is 4.70. The quantitative estimate of drug-likeness (QED) is 0.271. The van der Waals surface area contributed by atoms with Crippen LogP contribution in [0, 0.1) is 0 Å². The van der Waals surface area contributed by atoms with Crippen LogP contribution in [0.25, 0.3) is 0 Å². The van der Waals surface area contributed by atoms with Crippen LogP contribution < -0.4 is 15.9 Å². The molecule has 0 N–H and O–H groups in total. The number of carbonyl (C=O) groups excluding carboxylic acids is 2. The Balaban J connectivity index is 2.13. The summed E-state index contributed by atoms with van der Waals surface area (Å²) in [6.07, 6.45) is 0. The summed E-state index contributed by atoms with van der Waals surface area (Å²) in [6.45, 7) is 0.00446. The molecule has 150 valence electrons. The van der Waals surface area contributed by atoms with Crippen molar-refractivity contribution in [2.45, 2.75) is 0 Å². The van der Waals surface area contributed by atoms with Crippen LogP contribution in [0.5, 0.6) is 0 Å². The van der Waals surface area contributed by atoms with Crippen LogP contribution in [0.15, 0.2) is 91.0 Å². The average molecular weight is 409 g/mol. The number of esters is 1. The van der Waals surface area contributed by atoms with Crippen LogP contribution in [-0.2, 0) is 18.8 Å². The van der Waals surface area contributed by atoms with Gasteiger partial charge in [-0.05, 0) is 0 Å². The van der Waals surface area contributed by atoms with Gasteiger partial charge in [-0.3, -0.25) is 0 Å². The molecule has 0 spiro atoms. The van der Waals surface area contributed by atoms with Crippen LogP contribution in [0.4, 0.5) is 0 Å². The number of benzene rings is 3. The molecule has 0 radical (unpaired) electrons. The van der Waals surface area contributed by atoms with Crippen molar-refractivity contribution in [1.29, 1.82) is 0 Å². The number of hydrogen-bond donors (Lipinski definition) is 0. The van der Waals surface area contributed by atoms with Crippen molar-refractivity contribution in [3.8, 4) is 0 Å². The van der Waals surface area contributed by atoms with Crippen molar-refractivity contribution in [2.24, 2.45) is 0 Å². The Hall–Kier alpha value is -3.01. The Labute approximate surface area is 171 Å². The summed E-state index contributed by atoms with van der Waals surface area (Å²) in [5, 5.41) is 2.60. The van der Waals surface area contributed by atoms with Gasteiger partial charge in [0.25, 0.3) is 0 Å². The Morgan fingerprint density at radius 2 is 1.07 bits per heavy atom. The van der Waals surface area contributed by atoms with Gasteiger partial charge in [0.1, 0.15) is 0 Å². The van der Waals surface area contributed by atoms with Crippen molar-refractivity contribution in [1.82, 2.24) is 4.90 Å². The zero-order chi connectivity index (χ0) is 20.7. The fourth-order valence-corrected chi connectivity index (χ4v) is 6.82. The van der Waals surface area contributed by atoms with Gasteiger partial charge >= 0.3 is 171 Å². The van der Waals surface area contributed by atoms with E-state index in [1.807, 2.05) is 91.0 Å². The Bertz CT molecular complexity index is 850. The molecule has 6 heteroatoms. The zero-order valence-corrected chi connectivity index (χ0v) is 17.4. The first kappa shape index (κ1) is 20.7. The number of nitrogens with zero attached hydrogens (tertiary/aromatic N) is 1. The van der Waals surface area contributed by atoms with E-state index in [0.29, 0.717) is 0 Å². The summed E-state index contributed by atoms with van der Waals surface area (Å²) in [7, 11) is 0.221. The van der Waals surface area contributed by atoms with E-state index in [9.17, 15) is 9.59 Å². The van der Waals surface area contributed by atoms with Gasteiger partial charge in [-0.25, -0.2) is 0 Å². The minimum absolute atomic E-state index is 0.00446. The van der Waals surface area contributed by atoms with E-state index in [1.54, 1.807) is 19.0 Å². The molecule has 3 rings (SSSR count). The van der Waals surface area contributed by atoms with Crippen LogP contribution >= 0.6 is 7.49 Å². The molecule has 3 aromatic rings.